The van der Waals surface area contributed by atoms with E-state index in [0.29, 0.717) is 16.8 Å². The number of carbonyl (C=O) groups is 3. The number of carbonyl (C=O) groups excluding carboxylic acids is 3. The van der Waals surface area contributed by atoms with Crippen molar-refractivity contribution in [3.63, 3.8) is 0 Å². The van der Waals surface area contributed by atoms with Crippen LogP contribution in [-0.2, 0) is 4.79 Å². The summed E-state index contributed by atoms with van der Waals surface area (Å²) in [6.45, 7) is 1.72. The molecule has 0 saturated heterocycles. The number of nitrogens with zero attached hydrogens (tertiary/aromatic N) is 3. The Labute approximate surface area is 126 Å². The van der Waals surface area contributed by atoms with Gasteiger partial charge in [-0.1, -0.05) is 0 Å². The average Bonchev–Trinajstić information content (AvgIpc) is 3.12. The molecule has 7 heteroatoms. The average molecular weight is 298 g/mol. The van der Waals surface area contributed by atoms with Crippen LogP contribution in [0.4, 0.5) is 5.69 Å². The first-order valence-electron chi connectivity index (χ1n) is 6.75. The highest BCUT2D eigenvalue weighted by atomic mass is 16.2. The molecule has 1 aliphatic rings. The van der Waals surface area contributed by atoms with Crippen LogP contribution >= 0.6 is 0 Å². The van der Waals surface area contributed by atoms with E-state index in [-0.39, 0.29) is 17.7 Å². The minimum Gasteiger partial charge on any atom is -0.324 e. The Hall–Kier alpha value is -2.96. The Bertz CT molecular complexity index is 767. The summed E-state index contributed by atoms with van der Waals surface area (Å²) in [7, 11) is 1.43. The van der Waals surface area contributed by atoms with Crippen LogP contribution in [0.3, 0.4) is 0 Å². The molecule has 0 spiro atoms. The lowest BCUT2D eigenvalue weighted by molar-refractivity contribution is -0.119. The van der Waals surface area contributed by atoms with Crippen molar-refractivity contribution in [1.82, 2.24) is 14.7 Å². The number of amides is 3. The van der Waals surface area contributed by atoms with Gasteiger partial charge in [0.25, 0.3) is 11.8 Å². The molecule has 2 aromatic rings. The molecule has 0 fully saturated rings. The van der Waals surface area contributed by atoms with Crippen molar-refractivity contribution < 1.29 is 14.4 Å². The van der Waals surface area contributed by atoms with Gasteiger partial charge in [0.05, 0.1) is 11.1 Å². The van der Waals surface area contributed by atoms with Crippen LogP contribution in [0.5, 0.6) is 0 Å². The third-order valence-electron chi connectivity index (χ3n) is 3.66. The minimum absolute atomic E-state index is 0.256. The predicted octanol–water partition coefficient (Wildman–Crippen LogP) is 1.31. The van der Waals surface area contributed by atoms with Gasteiger partial charge in [-0.2, -0.15) is 5.10 Å². The van der Waals surface area contributed by atoms with Gasteiger partial charge in [-0.25, -0.2) is 0 Å². The van der Waals surface area contributed by atoms with Gasteiger partial charge in [0.15, 0.2) is 0 Å². The number of benzene rings is 1. The molecule has 0 radical (unpaired) electrons. The first kappa shape index (κ1) is 14.0. The van der Waals surface area contributed by atoms with Crippen LogP contribution in [0.15, 0.2) is 36.7 Å². The third kappa shape index (κ3) is 2.16. The highest BCUT2D eigenvalue weighted by Gasteiger charge is 2.32. The summed E-state index contributed by atoms with van der Waals surface area (Å²) in [5.74, 6) is -0.951. The summed E-state index contributed by atoms with van der Waals surface area (Å²) in [4.78, 5) is 37.0. The van der Waals surface area contributed by atoms with E-state index in [1.165, 1.54) is 17.8 Å². The second-order valence-electron chi connectivity index (χ2n) is 5.08. The van der Waals surface area contributed by atoms with Crippen molar-refractivity contribution in [3.8, 4) is 0 Å². The topological polar surface area (TPSA) is 84.3 Å². The Balaban J connectivity index is 1.82. The number of anilines is 1. The van der Waals surface area contributed by atoms with Crippen LogP contribution in [0.2, 0.25) is 0 Å². The molecule has 0 saturated carbocycles. The van der Waals surface area contributed by atoms with Gasteiger partial charge in [-0.3, -0.25) is 24.0 Å². The molecule has 1 aromatic heterocycles. The van der Waals surface area contributed by atoms with E-state index < -0.39 is 6.04 Å². The van der Waals surface area contributed by atoms with Gasteiger partial charge in [0, 0.05) is 25.1 Å². The number of aromatic nitrogens is 2. The normalized spacial score (nSPS) is 14.9. The molecule has 112 valence electrons. The lowest BCUT2D eigenvalue weighted by Crippen LogP contribution is -2.24. The molecule has 3 rings (SSSR count). The summed E-state index contributed by atoms with van der Waals surface area (Å²) in [6.07, 6.45) is 3.30. The molecule has 1 atom stereocenters. The number of nitrogens with one attached hydrogen (secondary N) is 1. The standard InChI is InChI=1S/C15H14N4O3/c1-9(19-7-3-6-16-19)13(20)17-10-4-5-11-12(8-10)15(22)18(2)14(11)21/h3-9H,1-2H3,(H,17,20). The molecule has 3 amide bonds. The number of fused-ring (bicyclic) bond motifs is 1. The zero-order valence-electron chi connectivity index (χ0n) is 12.1. The maximum Gasteiger partial charge on any atom is 0.261 e. The van der Waals surface area contributed by atoms with E-state index in [1.807, 2.05) is 0 Å². The molecule has 0 aliphatic carbocycles. The molecule has 7 nitrogen and oxygen atoms in total. The molecule has 1 aromatic carbocycles. The fraction of sp³-hybridized carbons (Fsp3) is 0.200. The van der Waals surface area contributed by atoms with Crippen LogP contribution in [0.25, 0.3) is 0 Å². The number of hydrogen-bond donors (Lipinski definition) is 1. The fourth-order valence-electron chi connectivity index (χ4n) is 2.32. The smallest absolute Gasteiger partial charge is 0.261 e. The van der Waals surface area contributed by atoms with Crippen molar-refractivity contribution >= 4 is 23.4 Å². The second kappa shape index (κ2) is 5.10. The van der Waals surface area contributed by atoms with Crippen molar-refractivity contribution in [2.24, 2.45) is 0 Å². The Kier molecular flexibility index (Phi) is 3.25. The van der Waals surface area contributed by atoms with Crippen LogP contribution in [-0.4, -0.2) is 39.4 Å². The van der Waals surface area contributed by atoms with Gasteiger partial charge >= 0.3 is 0 Å². The summed E-state index contributed by atoms with van der Waals surface area (Å²) in [5.41, 5.74) is 1.13. The van der Waals surface area contributed by atoms with E-state index in [4.69, 9.17) is 0 Å². The second-order valence-corrected chi connectivity index (χ2v) is 5.08. The molecular weight excluding hydrogens is 284 g/mol. The molecule has 1 N–H and O–H groups in total. The molecule has 1 unspecified atom stereocenters. The number of hydrogen-bond acceptors (Lipinski definition) is 4. The first-order chi connectivity index (χ1) is 10.5. The minimum atomic E-state index is -0.483. The van der Waals surface area contributed by atoms with Crippen LogP contribution in [0.1, 0.15) is 33.7 Å². The summed E-state index contributed by atoms with van der Waals surface area (Å²) in [6, 6.07) is 5.93. The summed E-state index contributed by atoms with van der Waals surface area (Å²) < 4.78 is 1.53. The van der Waals surface area contributed by atoms with Crippen molar-refractivity contribution in [2.75, 3.05) is 12.4 Å². The first-order valence-corrected chi connectivity index (χ1v) is 6.75. The highest BCUT2D eigenvalue weighted by Crippen LogP contribution is 2.25. The molecule has 1 aliphatic heterocycles. The molecule has 22 heavy (non-hydrogen) atoms. The number of rotatable bonds is 3. The van der Waals surface area contributed by atoms with Gasteiger partial charge < -0.3 is 5.32 Å². The summed E-state index contributed by atoms with van der Waals surface area (Å²) in [5, 5.41) is 6.75. The zero-order valence-corrected chi connectivity index (χ0v) is 12.1. The summed E-state index contributed by atoms with van der Waals surface area (Å²) >= 11 is 0. The van der Waals surface area contributed by atoms with Gasteiger partial charge in [0.1, 0.15) is 6.04 Å². The molecule has 0 bridgehead atoms. The Morgan fingerprint density at radius 3 is 2.64 bits per heavy atom. The third-order valence-corrected chi connectivity index (χ3v) is 3.66. The van der Waals surface area contributed by atoms with Crippen molar-refractivity contribution in [2.45, 2.75) is 13.0 Å². The van der Waals surface area contributed by atoms with Gasteiger partial charge in [-0.15, -0.1) is 0 Å². The molecular formula is C15H14N4O3. The highest BCUT2D eigenvalue weighted by molar-refractivity contribution is 6.21. The van der Waals surface area contributed by atoms with E-state index in [0.717, 1.165) is 4.90 Å². The largest absolute Gasteiger partial charge is 0.324 e. The van der Waals surface area contributed by atoms with Crippen LogP contribution in [0, 0.1) is 0 Å². The predicted molar refractivity (Wildman–Crippen MR) is 78.4 cm³/mol. The van der Waals surface area contributed by atoms with E-state index in [9.17, 15) is 14.4 Å². The quantitative estimate of drug-likeness (QED) is 0.866. The van der Waals surface area contributed by atoms with E-state index in [2.05, 4.69) is 10.4 Å². The SMILES string of the molecule is CC(C(=O)Nc1ccc2c(c1)C(=O)N(C)C2=O)n1cccn1. The van der Waals surface area contributed by atoms with Crippen molar-refractivity contribution in [3.05, 3.63) is 47.8 Å². The van der Waals surface area contributed by atoms with Gasteiger partial charge in [-0.05, 0) is 31.2 Å². The zero-order chi connectivity index (χ0) is 15.9. The van der Waals surface area contributed by atoms with E-state index >= 15 is 0 Å². The monoisotopic (exact) mass is 298 g/mol. The van der Waals surface area contributed by atoms with Crippen molar-refractivity contribution in [1.29, 1.82) is 0 Å². The van der Waals surface area contributed by atoms with Crippen LogP contribution < -0.4 is 5.32 Å². The Morgan fingerprint density at radius 2 is 1.95 bits per heavy atom. The van der Waals surface area contributed by atoms with Gasteiger partial charge in [0.2, 0.25) is 5.91 Å². The number of imide groups is 1. The molecule has 2 heterocycles. The maximum absolute atomic E-state index is 12.2. The lowest BCUT2D eigenvalue weighted by atomic mass is 10.1. The maximum atomic E-state index is 12.2. The van der Waals surface area contributed by atoms with E-state index in [1.54, 1.807) is 37.5 Å². The lowest BCUT2D eigenvalue weighted by Gasteiger charge is -2.13. The Morgan fingerprint density at radius 1 is 1.23 bits per heavy atom. The fourth-order valence-corrected chi connectivity index (χ4v) is 2.32.